The van der Waals surface area contributed by atoms with E-state index in [1.165, 1.54) is 49.1 Å². The fourth-order valence-corrected chi connectivity index (χ4v) is 3.91. The number of aromatic nitrogens is 3. The van der Waals surface area contributed by atoms with E-state index in [1.807, 2.05) is 0 Å². The fourth-order valence-electron chi connectivity index (χ4n) is 2.91. The summed E-state index contributed by atoms with van der Waals surface area (Å²) in [5.41, 5.74) is 1.86. The molecule has 1 aliphatic rings. The molecule has 0 bridgehead atoms. The van der Waals surface area contributed by atoms with Crippen molar-refractivity contribution in [1.82, 2.24) is 15.2 Å². The molecule has 0 spiro atoms. The molecule has 2 N–H and O–H groups in total. The second-order valence-electron chi connectivity index (χ2n) is 5.74. The third-order valence-corrected chi connectivity index (χ3v) is 5.05. The molecule has 0 saturated heterocycles. The lowest BCUT2D eigenvalue weighted by Crippen LogP contribution is -2.19. The number of thiazole rings is 1. The quantitative estimate of drug-likeness (QED) is 0.758. The van der Waals surface area contributed by atoms with Crippen molar-refractivity contribution in [2.24, 2.45) is 0 Å². The summed E-state index contributed by atoms with van der Waals surface area (Å²) in [6.07, 6.45) is 6.26. The number of anilines is 1. The smallest absolute Gasteiger partial charge is 0.252 e. The van der Waals surface area contributed by atoms with Crippen molar-refractivity contribution >= 4 is 32.7 Å². The summed E-state index contributed by atoms with van der Waals surface area (Å²) in [7, 11) is 1.60. The third kappa shape index (κ3) is 4.07. The summed E-state index contributed by atoms with van der Waals surface area (Å²) >= 11 is 1.48. The predicted molar refractivity (Wildman–Crippen MR) is 88.9 cm³/mol. The Balaban J connectivity index is 1.61. The summed E-state index contributed by atoms with van der Waals surface area (Å²) < 4.78 is 11.1. The van der Waals surface area contributed by atoms with Gasteiger partial charge in [-0.15, -0.1) is 0 Å². The van der Waals surface area contributed by atoms with Crippen LogP contribution in [0.3, 0.4) is 0 Å². The molecule has 1 saturated carbocycles. The zero-order valence-electron chi connectivity index (χ0n) is 13.3. The Morgan fingerprint density at radius 3 is 2.96 bits per heavy atom. The molecule has 0 unspecified atom stereocenters. The van der Waals surface area contributed by atoms with Crippen LogP contribution in [0.2, 0.25) is 0 Å². The van der Waals surface area contributed by atoms with Gasteiger partial charge in [-0.3, -0.25) is 15.2 Å². The van der Waals surface area contributed by atoms with E-state index >= 15 is 0 Å². The van der Waals surface area contributed by atoms with Crippen molar-refractivity contribution in [3.63, 3.8) is 0 Å². The number of ether oxygens (including phenoxy) is 2. The number of hydrogen-bond donors (Lipinski definition) is 2. The topological polar surface area (TPSA) is 89.1 Å². The van der Waals surface area contributed by atoms with Gasteiger partial charge in [-0.1, -0.05) is 30.6 Å². The van der Waals surface area contributed by atoms with Crippen molar-refractivity contribution in [2.75, 3.05) is 32.2 Å². The SMILES string of the molecule is COCCOCC(=O)Nc1nc2n[nH]c(C3CCCCC3)c2s1. The maximum Gasteiger partial charge on any atom is 0.252 e. The van der Waals surface area contributed by atoms with Crippen LogP contribution in [0.4, 0.5) is 5.13 Å². The second-order valence-corrected chi connectivity index (χ2v) is 6.74. The molecule has 1 amide bonds. The van der Waals surface area contributed by atoms with Gasteiger partial charge in [-0.05, 0) is 12.8 Å². The highest BCUT2D eigenvalue weighted by atomic mass is 32.1. The number of methoxy groups -OCH3 is 1. The van der Waals surface area contributed by atoms with Crippen molar-refractivity contribution in [3.05, 3.63) is 5.69 Å². The zero-order chi connectivity index (χ0) is 16.1. The number of carbonyl (C=O) groups excluding carboxylic acids is 1. The van der Waals surface area contributed by atoms with E-state index in [0.29, 0.717) is 29.9 Å². The molecule has 0 aromatic carbocycles. The van der Waals surface area contributed by atoms with E-state index in [0.717, 1.165) is 4.70 Å². The highest BCUT2D eigenvalue weighted by Gasteiger charge is 2.22. The Kier molecular flexibility index (Phi) is 5.58. The van der Waals surface area contributed by atoms with E-state index in [-0.39, 0.29) is 12.5 Å². The molecule has 2 aromatic rings. The lowest BCUT2D eigenvalue weighted by molar-refractivity contribution is -0.121. The first-order chi connectivity index (χ1) is 11.3. The first-order valence-corrected chi connectivity index (χ1v) is 8.81. The monoisotopic (exact) mass is 338 g/mol. The van der Waals surface area contributed by atoms with Gasteiger partial charge in [0.25, 0.3) is 5.91 Å². The van der Waals surface area contributed by atoms with Gasteiger partial charge in [0.1, 0.15) is 6.61 Å². The maximum absolute atomic E-state index is 11.8. The highest BCUT2D eigenvalue weighted by molar-refractivity contribution is 7.22. The Labute approximate surface area is 138 Å². The maximum atomic E-state index is 11.8. The summed E-state index contributed by atoms with van der Waals surface area (Å²) in [5.74, 6) is 0.329. The van der Waals surface area contributed by atoms with Crippen LogP contribution < -0.4 is 5.32 Å². The summed E-state index contributed by atoms with van der Waals surface area (Å²) in [5, 5.41) is 10.8. The first kappa shape index (κ1) is 16.4. The number of H-pyrrole nitrogens is 1. The van der Waals surface area contributed by atoms with Crippen LogP contribution in [0.15, 0.2) is 0 Å². The van der Waals surface area contributed by atoms with Gasteiger partial charge in [0.15, 0.2) is 10.8 Å². The molecular weight excluding hydrogens is 316 g/mol. The van der Waals surface area contributed by atoms with Gasteiger partial charge in [0.2, 0.25) is 0 Å². The number of nitrogens with one attached hydrogen (secondary N) is 2. The molecule has 8 heteroatoms. The molecule has 1 aliphatic carbocycles. The molecule has 1 fully saturated rings. The molecule has 7 nitrogen and oxygen atoms in total. The lowest BCUT2D eigenvalue weighted by atomic mass is 9.87. The third-order valence-electron chi connectivity index (χ3n) is 4.06. The van der Waals surface area contributed by atoms with Crippen molar-refractivity contribution in [3.8, 4) is 0 Å². The van der Waals surface area contributed by atoms with E-state index < -0.39 is 0 Å². The van der Waals surface area contributed by atoms with Gasteiger partial charge in [0, 0.05) is 13.0 Å². The molecule has 2 heterocycles. The number of hydrogen-bond acceptors (Lipinski definition) is 6. The van der Waals surface area contributed by atoms with Crippen molar-refractivity contribution in [1.29, 1.82) is 0 Å². The van der Waals surface area contributed by atoms with Gasteiger partial charge < -0.3 is 9.47 Å². The standard InChI is InChI=1S/C15H22N4O3S/c1-21-7-8-22-9-11(20)16-15-17-14-13(23-15)12(18-19-14)10-5-3-2-4-6-10/h10H,2-9H2,1H3,(H2,16,17,18,19,20). The number of carbonyl (C=O) groups is 1. The summed E-state index contributed by atoms with van der Waals surface area (Å²) in [6, 6.07) is 0. The molecule has 2 aromatic heterocycles. The van der Waals surface area contributed by atoms with E-state index in [4.69, 9.17) is 9.47 Å². The van der Waals surface area contributed by atoms with Crippen LogP contribution in [0.25, 0.3) is 10.3 Å². The minimum Gasteiger partial charge on any atom is -0.382 e. The van der Waals surface area contributed by atoms with Crippen LogP contribution in [0.1, 0.15) is 43.7 Å². The molecule has 23 heavy (non-hydrogen) atoms. The average molecular weight is 338 g/mol. The normalized spacial score (nSPS) is 16.0. The average Bonchev–Trinajstić information content (AvgIpc) is 3.12. The van der Waals surface area contributed by atoms with Gasteiger partial charge in [0.05, 0.1) is 23.6 Å². The number of amides is 1. The summed E-state index contributed by atoms with van der Waals surface area (Å²) in [6.45, 7) is 0.877. The number of aromatic amines is 1. The van der Waals surface area contributed by atoms with E-state index in [1.54, 1.807) is 7.11 Å². The lowest BCUT2D eigenvalue weighted by Gasteiger charge is -2.19. The zero-order valence-corrected chi connectivity index (χ0v) is 14.1. The van der Waals surface area contributed by atoms with Crippen LogP contribution in [0, 0.1) is 0 Å². The van der Waals surface area contributed by atoms with Gasteiger partial charge in [-0.2, -0.15) is 10.1 Å². The van der Waals surface area contributed by atoms with Gasteiger partial charge in [-0.25, -0.2) is 0 Å². The van der Waals surface area contributed by atoms with E-state index in [2.05, 4.69) is 20.5 Å². The fraction of sp³-hybridized carbons (Fsp3) is 0.667. The minimum absolute atomic E-state index is 0.00218. The molecule has 0 aliphatic heterocycles. The second kappa shape index (κ2) is 7.85. The number of rotatable bonds is 7. The van der Waals surface area contributed by atoms with Gasteiger partial charge >= 0.3 is 0 Å². The Hall–Kier alpha value is -1.51. The van der Waals surface area contributed by atoms with Crippen molar-refractivity contribution < 1.29 is 14.3 Å². The number of fused-ring (bicyclic) bond motifs is 1. The molecule has 126 valence electrons. The van der Waals surface area contributed by atoms with E-state index in [9.17, 15) is 4.79 Å². The van der Waals surface area contributed by atoms with Crippen LogP contribution in [0.5, 0.6) is 0 Å². The Morgan fingerprint density at radius 1 is 1.35 bits per heavy atom. The Morgan fingerprint density at radius 2 is 2.17 bits per heavy atom. The minimum atomic E-state index is -0.208. The number of nitrogens with zero attached hydrogens (tertiary/aromatic N) is 2. The Bertz CT molecular complexity index is 648. The van der Waals surface area contributed by atoms with Crippen LogP contribution in [-0.4, -0.2) is 48.0 Å². The summed E-state index contributed by atoms with van der Waals surface area (Å²) in [4.78, 5) is 16.2. The molecule has 0 atom stereocenters. The molecule has 0 radical (unpaired) electrons. The molecular formula is C15H22N4O3S. The molecule has 3 rings (SSSR count). The first-order valence-electron chi connectivity index (χ1n) is 7.99. The largest absolute Gasteiger partial charge is 0.382 e. The highest BCUT2D eigenvalue weighted by Crippen LogP contribution is 2.38. The van der Waals surface area contributed by atoms with Crippen LogP contribution in [-0.2, 0) is 14.3 Å². The van der Waals surface area contributed by atoms with Crippen molar-refractivity contribution in [2.45, 2.75) is 38.0 Å². The van der Waals surface area contributed by atoms with Crippen LogP contribution >= 0.6 is 11.3 Å². The predicted octanol–water partition coefficient (Wildman–Crippen LogP) is 2.67.